The molecule has 0 N–H and O–H groups in total. The van der Waals surface area contributed by atoms with Crippen molar-refractivity contribution in [2.75, 3.05) is 4.90 Å². The van der Waals surface area contributed by atoms with E-state index in [1.807, 2.05) is 0 Å². The molecular formula is C40H37N. The summed E-state index contributed by atoms with van der Waals surface area (Å²) in [5, 5.41) is 0. The van der Waals surface area contributed by atoms with Crippen LogP contribution in [0, 0.1) is 0 Å². The maximum absolute atomic E-state index is 2.52. The molecule has 1 nitrogen and oxygen atoms in total. The SMILES string of the molecule is C(=C(c1ccccc1)c1ccccc1)c1ccc(N(c2ccc3c(c2)CCCC3)c2cccc3c2CCCC3)cc1. The average Bonchev–Trinajstić information content (AvgIpc) is 3.05. The molecule has 5 aromatic rings. The largest absolute Gasteiger partial charge is 0.310 e. The highest BCUT2D eigenvalue weighted by molar-refractivity contribution is 5.91. The first-order valence-electron chi connectivity index (χ1n) is 15.3. The Morgan fingerprint density at radius 2 is 1.10 bits per heavy atom. The van der Waals surface area contributed by atoms with Crippen LogP contribution in [0.2, 0.25) is 0 Å². The van der Waals surface area contributed by atoms with Gasteiger partial charge in [-0.1, -0.05) is 91.0 Å². The zero-order valence-corrected chi connectivity index (χ0v) is 23.7. The lowest BCUT2D eigenvalue weighted by atomic mass is 9.89. The summed E-state index contributed by atoms with van der Waals surface area (Å²) in [6, 6.07) is 44.7. The molecule has 0 aromatic heterocycles. The molecular weight excluding hydrogens is 494 g/mol. The molecule has 0 amide bonds. The molecule has 0 saturated carbocycles. The molecule has 0 radical (unpaired) electrons. The van der Waals surface area contributed by atoms with Crippen molar-refractivity contribution in [3.05, 3.63) is 160 Å². The van der Waals surface area contributed by atoms with Gasteiger partial charge in [0.1, 0.15) is 0 Å². The van der Waals surface area contributed by atoms with Gasteiger partial charge in [0.15, 0.2) is 0 Å². The van der Waals surface area contributed by atoms with E-state index in [0.29, 0.717) is 0 Å². The number of nitrogens with zero attached hydrogens (tertiary/aromatic N) is 1. The number of fused-ring (bicyclic) bond motifs is 2. The minimum Gasteiger partial charge on any atom is -0.310 e. The van der Waals surface area contributed by atoms with Gasteiger partial charge in [-0.05, 0) is 132 Å². The van der Waals surface area contributed by atoms with Crippen LogP contribution in [0.5, 0.6) is 0 Å². The zero-order chi connectivity index (χ0) is 27.4. The van der Waals surface area contributed by atoms with Gasteiger partial charge < -0.3 is 4.90 Å². The normalized spacial score (nSPS) is 14.0. The lowest BCUT2D eigenvalue weighted by Crippen LogP contribution is -2.16. The third kappa shape index (κ3) is 5.37. The molecule has 0 fully saturated rings. The predicted octanol–water partition coefficient (Wildman–Crippen LogP) is 10.5. The quantitative estimate of drug-likeness (QED) is 0.197. The molecule has 0 atom stereocenters. The maximum atomic E-state index is 2.52. The second-order valence-corrected chi connectivity index (χ2v) is 11.5. The first-order chi connectivity index (χ1) is 20.3. The Bertz CT molecular complexity index is 1620. The zero-order valence-electron chi connectivity index (χ0n) is 23.7. The highest BCUT2D eigenvalue weighted by Crippen LogP contribution is 2.41. The van der Waals surface area contributed by atoms with Crippen molar-refractivity contribution in [1.82, 2.24) is 0 Å². The Kier molecular flexibility index (Phi) is 7.26. The molecule has 1 heteroatoms. The molecule has 0 aliphatic heterocycles. The fourth-order valence-corrected chi connectivity index (χ4v) is 6.71. The Morgan fingerprint density at radius 1 is 0.488 bits per heavy atom. The van der Waals surface area contributed by atoms with Crippen LogP contribution in [-0.2, 0) is 25.7 Å². The number of aryl methyl sites for hydroxylation is 3. The first kappa shape index (κ1) is 25.6. The second-order valence-electron chi connectivity index (χ2n) is 11.5. The standard InChI is InChI=1S/C40H37N/c1-3-13-33(14-4-1)39(34-15-5-2-6-16-34)28-30-22-25-36(26-23-30)41(37-27-24-31-12-7-8-18-35(31)29-37)40-21-11-19-32-17-9-10-20-38(32)40/h1-6,11,13-16,19,21-29H,7-10,12,17-18,20H2. The summed E-state index contributed by atoms with van der Waals surface area (Å²) in [4.78, 5) is 2.52. The van der Waals surface area contributed by atoms with Crippen molar-refractivity contribution in [3.63, 3.8) is 0 Å². The summed E-state index contributed by atoms with van der Waals surface area (Å²) in [6.07, 6.45) is 12.2. The first-order valence-corrected chi connectivity index (χ1v) is 15.3. The van der Waals surface area contributed by atoms with E-state index in [4.69, 9.17) is 0 Å². The van der Waals surface area contributed by atoms with Gasteiger partial charge in [-0.2, -0.15) is 0 Å². The Morgan fingerprint density at radius 3 is 1.80 bits per heavy atom. The third-order valence-electron chi connectivity index (χ3n) is 8.83. The fraction of sp³-hybridized carbons (Fsp3) is 0.200. The Labute approximate surface area is 244 Å². The summed E-state index contributed by atoms with van der Waals surface area (Å²) >= 11 is 0. The number of anilines is 3. The van der Waals surface area contributed by atoms with E-state index in [9.17, 15) is 0 Å². The molecule has 202 valence electrons. The molecule has 41 heavy (non-hydrogen) atoms. The van der Waals surface area contributed by atoms with Gasteiger partial charge in [0.2, 0.25) is 0 Å². The summed E-state index contributed by atoms with van der Waals surface area (Å²) in [7, 11) is 0. The van der Waals surface area contributed by atoms with Crippen LogP contribution >= 0.6 is 0 Å². The van der Waals surface area contributed by atoms with Crippen molar-refractivity contribution in [2.24, 2.45) is 0 Å². The average molecular weight is 532 g/mol. The molecule has 2 aliphatic carbocycles. The minimum atomic E-state index is 1.16. The van der Waals surface area contributed by atoms with Crippen molar-refractivity contribution < 1.29 is 0 Å². The fourth-order valence-electron chi connectivity index (χ4n) is 6.71. The number of hydrogen-bond donors (Lipinski definition) is 0. The molecule has 5 aromatic carbocycles. The molecule has 0 heterocycles. The van der Waals surface area contributed by atoms with Crippen LogP contribution in [0.1, 0.15) is 64.6 Å². The summed E-state index contributed by atoms with van der Waals surface area (Å²) in [5.41, 5.74) is 14.9. The van der Waals surface area contributed by atoms with Crippen molar-refractivity contribution >= 4 is 28.7 Å². The second kappa shape index (κ2) is 11.6. The molecule has 0 saturated heterocycles. The molecule has 0 spiro atoms. The minimum absolute atomic E-state index is 1.16. The third-order valence-corrected chi connectivity index (χ3v) is 8.83. The van der Waals surface area contributed by atoms with E-state index in [1.54, 1.807) is 0 Å². The summed E-state index contributed by atoms with van der Waals surface area (Å²) in [6.45, 7) is 0. The van der Waals surface area contributed by atoms with Gasteiger partial charge in [0, 0.05) is 17.1 Å². The van der Waals surface area contributed by atoms with Crippen LogP contribution in [0.4, 0.5) is 17.1 Å². The Hall–Kier alpha value is -4.36. The van der Waals surface area contributed by atoms with Crippen LogP contribution in [-0.4, -0.2) is 0 Å². The van der Waals surface area contributed by atoms with E-state index in [1.165, 1.54) is 107 Å². The van der Waals surface area contributed by atoms with Gasteiger partial charge in [0.25, 0.3) is 0 Å². The van der Waals surface area contributed by atoms with Gasteiger partial charge in [-0.3, -0.25) is 0 Å². The maximum Gasteiger partial charge on any atom is 0.0496 e. The van der Waals surface area contributed by atoms with E-state index < -0.39 is 0 Å². The van der Waals surface area contributed by atoms with Crippen LogP contribution < -0.4 is 4.90 Å². The van der Waals surface area contributed by atoms with Crippen molar-refractivity contribution in [3.8, 4) is 0 Å². The lowest BCUT2D eigenvalue weighted by Gasteiger charge is -2.31. The molecule has 2 aliphatic rings. The van der Waals surface area contributed by atoms with E-state index in [-0.39, 0.29) is 0 Å². The van der Waals surface area contributed by atoms with Gasteiger partial charge >= 0.3 is 0 Å². The predicted molar refractivity (Wildman–Crippen MR) is 174 cm³/mol. The van der Waals surface area contributed by atoms with Gasteiger partial charge in [0.05, 0.1) is 0 Å². The summed E-state index contributed by atoms with van der Waals surface area (Å²) < 4.78 is 0. The number of benzene rings is 5. The smallest absolute Gasteiger partial charge is 0.0496 e. The van der Waals surface area contributed by atoms with Crippen LogP contribution in [0.3, 0.4) is 0 Å². The Balaban J connectivity index is 1.32. The van der Waals surface area contributed by atoms with E-state index in [2.05, 4.69) is 132 Å². The molecule has 7 rings (SSSR count). The monoisotopic (exact) mass is 531 g/mol. The van der Waals surface area contributed by atoms with Crippen LogP contribution in [0.15, 0.2) is 121 Å². The number of rotatable bonds is 6. The topological polar surface area (TPSA) is 3.24 Å². The van der Waals surface area contributed by atoms with Crippen molar-refractivity contribution in [1.29, 1.82) is 0 Å². The molecule has 0 bridgehead atoms. The lowest BCUT2D eigenvalue weighted by molar-refractivity contribution is 0.684. The number of hydrogen-bond acceptors (Lipinski definition) is 1. The molecule has 0 unspecified atom stereocenters. The summed E-state index contributed by atoms with van der Waals surface area (Å²) in [5.74, 6) is 0. The van der Waals surface area contributed by atoms with Crippen LogP contribution in [0.25, 0.3) is 11.6 Å². The van der Waals surface area contributed by atoms with Gasteiger partial charge in [-0.25, -0.2) is 0 Å². The van der Waals surface area contributed by atoms with E-state index >= 15 is 0 Å². The van der Waals surface area contributed by atoms with Gasteiger partial charge in [-0.15, -0.1) is 0 Å². The van der Waals surface area contributed by atoms with Crippen molar-refractivity contribution in [2.45, 2.75) is 51.4 Å². The highest BCUT2D eigenvalue weighted by atomic mass is 15.1. The van der Waals surface area contributed by atoms with E-state index in [0.717, 1.165) is 6.42 Å². The highest BCUT2D eigenvalue weighted by Gasteiger charge is 2.21.